The molecule has 11 heteroatoms. The number of fused-ring (bicyclic) bond motifs is 1. The average molecular weight is 453 g/mol. The fourth-order valence-corrected chi connectivity index (χ4v) is 3.94. The fraction of sp³-hybridized carbons (Fsp3) is 0.0952. The van der Waals surface area contributed by atoms with Crippen molar-refractivity contribution in [3.8, 4) is 29.0 Å². The monoisotopic (exact) mass is 453 g/mol. The molecule has 3 heterocycles. The summed E-state index contributed by atoms with van der Waals surface area (Å²) in [4.78, 5) is 8.26. The van der Waals surface area contributed by atoms with Crippen molar-refractivity contribution < 1.29 is 22.7 Å². The fourth-order valence-electron chi connectivity index (χ4n) is 2.89. The van der Waals surface area contributed by atoms with Crippen LogP contribution >= 0.6 is 0 Å². The first-order valence-corrected chi connectivity index (χ1v) is 10.7. The molecule has 0 radical (unpaired) electrons. The predicted molar refractivity (Wildman–Crippen MR) is 114 cm³/mol. The molecule has 1 aromatic carbocycles. The molecule has 0 aliphatic rings. The normalized spacial score (nSPS) is 11.1. The zero-order valence-electron chi connectivity index (χ0n) is 16.7. The van der Waals surface area contributed by atoms with Gasteiger partial charge in [-0.15, -0.1) is 0 Å². The van der Waals surface area contributed by atoms with Crippen molar-refractivity contribution in [2.24, 2.45) is 0 Å². The van der Waals surface area contributed by atoms with Gasteiger partial charge in [-0.25, -0.2) is 27.3 Å². The molecule has 0 saturated carbocycles. The number of nitrogens with one attached hydrogen (secondary N) is 1. The van der Waals surface area contributed by atoms with E-state index in [0.717, 1.165) is 24.3 Å². The van der Waals surface area contributed by atoms with Crippen LogP contribution in [0.5, 0.6) is 5.88 Å². The van der Waals surface area contributed by atoms with Crippen LogP contribution in [0.1, 0.15) is 5.69 Å². The van der Waals surface area contributed by atoms with Gasteiger partial charge in [-0.1, -0.05) is 5.92 Å². The van der Waals surface area contributed by atoms with Crippen LogP contribution in [0.25, 0.3) is 16.9 Å². The van der Waals surface area contributed by atoms with Crippen LogP contribution in [0.3, 0.4) is 0 Å². The number of halogens is 1. The van der Waals surface area contributed by atoms with Crippen molar-refractivity contribution in [2.45, 2.75) is 4.90 Å². The lowest BCUT2D eigenvalue weighted by Gasteiger charge is -2.12. The zero-order valence-corrected chi connectivity index (χ0v) is 17.5. The molecule has 3 aromatic heterocycles. The standard InChI is InChI=1S/C21H16FN5O4S/c1-31-21-19(26-32(29,30)17-6-4-15(22)5-7-17)11-14(12-24-21)18-8-9-20-23-13-16(3-2-10-28)27(20)25-18/h4-9,11-13,26,28H,10H2,1H3. The quantitative estimate of drug-likeness (QED) is 0.444. The molecule has 4 rings (SSSR count). The smallest absolute Gasteiger partial charge is 0.262 e. The number of hydrogen-bond donors (Lipinski definition) is 2. The van der Waals surface area contributed by atoms with Crippen LogP contribution in [0.2, 0.25) is 0 Å². The van der Waals surface area contributed by atoms with Crippen LogP contribution < -0.4 is 9.46 Å². The van der Waals surface area contributed by atoms with Crippen LogP contribution in [0.4, 0.5) is 10.1 Å². The SMILES string of the molecule is COc1ncc(-c2ccc3ncc(C#CCO)n3n2)cc1NS(=O)(=O)c1ccc(F)cc1. The average Bonchev–Trinajstić information content (AvgIpc) is 3.20. The minimum atomic E-state index is -4.02. The third-order valence-electron chi connectivity index (χ3n) is 4.37. The van der Waals surface area contributed by atoms with E-state index in [0.29, 0.717) is 22.6 Å². The molecule has 9 nitrogen and oxygen atoms in total. The number of sulfonamides is 1. The van der Waals surface area contributed by atoms with E-state index in [9.17, 15) is 12.8 Å². The molecule has 0 amide bonds. The second kappa shape index (κ2) is 8.62. The van der Waals surface area contributed by atoms with Crippen LogP contribution in [-0.4, -0.2) is 46.8 Å². The molecular weight excluding hydrogens is 437 g/mol. The van der Waals surface area contributed by atoms with E-state index in [1.54, 1.807) is 12.1 Å². The van der Waals surface area contributed by atoms with Gasteiger partial charge in [0, 0.05) is 11.8 Å². The summed E-state index contributed by atoms with van der Waals surface area (Å²) in [6.45, 7) is -0.299. The Balaban J connectivity index is 1.74. The Hall–Kier alpha value is -4.01. The van der Waals surface area contributed by atoms with Gasteiger partial charge in [0.15, 0.2) is 5.65 Å². The van der Waals surface area contributed by atoms with E-state index in [1.165, 1.54) is 30.1 Å². The molecule has 0 aliphatic carbocycles. The molecule has 32 heavy (non-hydrogen) atoms. The number of ether oxygens (including phenoxy) is 1. The Bertz CT molecular complexity index is 1460. The number of nitrogens with zero attached hydrogens (tertiary/aromatic N) is 4. The molecule has 0 spiro atoms. The molecule has 0 saturated heterocycles. The van der Waals surface area contributed by atoms with Crippen LogP contribution in [0.15, 0.2) is 59.8 Å². The predicted octanol–water partition coefficient (Wildman–Crippen LogP) is 2.08. The molecule has 4 aromatic rings. The summed E-state index contributed by atoms with van der Waals surface area (Å²) >= 11 is 0. The summed E-state index contributed by atoms with van der Waals surface area (Å²) in [5.74, 6) is 4.82. The number of aliphatic hydroxyl groups is 1. The van der Waals surface area contributed by atoms with Gasteiger partial charge in [0.25, 0.3) is 10.0 Å². The maximum Gasteiger partial charge on any atom is 0.262 e. The highest BCUT2D eigenvalue weighted by Gasteiger charge is 2.19. The minimum absolute atomic E-state index is 0.0534. The van der Waals surface area contributed by atoms with Gasteiger partial charge in [0.2, 0.25) is 5.88 Å². The Kier molecular flexibility index (Phi) is 5.72. The third kappa shape index (κ3) is 4.22. The summed E-state index contributed by atoms with van der Waals surface area (Å²) in [5, 5.41) is 13.4. The molecule has 2 N–H and O–H groups in total. The summed E-state index contributed by atoms with van der Waals surface area (Å²) < 4.78 is 47.7. The van der Waals surface area contributed by atoms with Gasteiger partial charge in [0.05, 0.1) is 23.9 Å². The second-order valence-electron chi connectivity index (χ2n) is 6.43. The van der Waals surface area contributed by atoms with Crippen LogP contribution in [0, 0.1) is 17.7 Å². The van der Waals surface area contributed by atoms with E-state index in [4.69, 9.17) is 9.84 Å². The van der Waals surface area contributed by atoms with Gasteiger partial charge in [-0.05, 0) is 48.4 Å². The van der Waals surface area contributed by atoms with Crippen molar-refractivity contribution in [1.82, 2.24) is 19.6 Å². The van der Waals surface area contributed by atoms with Gasteiger partial charge in [0.1, 0.15) is 23.8 Å². The minimum Gasteiger partial charge on any atom is -0.480 e. The van der Waals surface area contributed by atoms with E-state index < -0.39 is 15.8 Å². The summed E-state index contributed by atoms with van der Waals surface area (Å²) in [6, 6.07) is 9.38. The largest absolute Gasteiger partial charge is 0.480 e. The highest BCUT2D eigenvalue weighted by molar-refractivity contribution is 7.92. The van der Waals surface area contributed by atoms with Crippen molar-refractivity contribution >= 4 is 21.4 Å². The Labute approximate surface area is 182 Å². The zero-order chi connectivity index (χ0) is 22.7. The van der Waals surface area contributed by atoms with Crippen molar-refractivity contribution in [3.63, 3.8) is 0 Å². The highest BCUT2D eigenvalue weighted by Crippen LogP contribution is 2.29. The first kappa shape index (κ1) is 21.2. The van der Waals surface area contributed by atoms with Crippen molar-refractivity contribution in [2.75, 3.05) is 18.4 Å². The number of hydrogen-bond acceptors (Lipinski definition) is 7. The summed E-state index contributed by atoms with van der Waals surface area (Å²) in [7, 11) is -2.66. The number of methoxy groups -OCH3 is 1. The molecular formula is C21H16FN5O4S. The Morgan fingerprint density at radius 3 is 2.66 bits per heavy atom. The maximum atomic E-state index is 13.2. The molecule has 0 unspecified atom stereocenters. The van der Waals surface area contributed by atoms with Gasteiger partial charge < -0.3 is 9.84 Å². The molecule has 0 fully saturated rings. The summed E-state index contributed by atoms with van der Waals surface area (Å²) in [6.07, 6.45) is 3.02. The number of aromatic nitrogens is 4. The molecule has 0 atom stereocenters. The number of imidazole rings is 1. The lowest BCUT2D eigenvalue weighted by molar-refractivity contribution is 0.350. The number of benzene rings is 1. The topological polar surface area (TPSA) is 119 Å². The van der Waals surface area contributed by atoms with Gasteiger partial charge >= 0.3 is 0 Å². The first-order valence-electron chi connectivity index (χ1n) is 9.18. The van der Waals surface area contributed by atoms with Crippen LogP contribution in [-0.2, 0) is 10.0 Å². The number of anilines is 1. The lowest BCUT2D eigenvalue weighted by atomic mass is 10.2. The Morgan fingerprint density at radius 1 is 1.16 bits per heavy atom. The van der Waals surface area contributed by atoms with E-state index in [1.807, 2.05) is 0 Å². The van der Waals surface area contributed by atoms with Gasteiger partial charge in [-0.3, -0.25) is 4.72 Å². The number of aliphatic hydroxyl groups excluding tert-OH is 1. The second-order valence-corrected chi connectivity index (χ2v) is 8.11. The molecule has 0 aliphatic heterocycles. The Morgan fingerprint density at radius 2 is 1.94 bits per heavy atom. The highest BCUT2D eigenvalue weighted by atomic mass is 32.2. The third-order valence-corrected chi connectivity index (χ3v) is 5.75. The molecule has 0 bridgehead atoms. The number of rotatable bonds is 5. The van der Waals surface area contributed by atoms with E-state index >= 15 is 0 Å². The number of pyridine rings is 1. The van der Waals surface area contributed by atoms with Gasteiger partial charge in [-0.2, -0.15) is 5.10 Å². The van der Waals surface area contributed by atoms with Crippen molar-refractivity contribution in [3.05, 3.63) is 66.4 Å². The summed E-state index contributed by atoms with van der Waals surface area (Å²) in [5.41, 5.74) is 2.09. The van der Waals surface area contributed by atoms with Crippen molar-refractivity contribution in [1.29, 1.82) is 0 Å². The lowest BCUT2D eigenvalue weighted by Crippen LogP contribution is -2.14. The van der Waals surface area contributed by atoms with E-state index in [-0.39, 0.29) is 23.1 Å². The maximum absolute atomic E-state index is 13.2. The first-order chi connectivity index (χ1) is 15.4. The molecule has 162 valence electrons. The van der Waals surface area contributed by atoms with E-state index in [2.05, 4.69) is 31.6 Å².